The first kappa shape index (κ1) is 17.3. The van der Waals surface area contributed by atoms with Crippen LogP contribution in [-0.2, 0) is 5.41 Å². The van der Waals surface area contributed by atoms with E-state index in [0.29, 0.717) is 0 Å². The number of rotatable bonds is 4. The van der Waals surface area contributed by atoms with Crippen LogP contribution in [0.1, 0.15) is 42.3 Å². The monoisotopic (exact) mass is 325 g/mol. The summed E-state index contributed by atoms with van der Waals surface area (Å²) in [5, 5.41) is 14.8. The Morgan fingerprint density at radius 3 is 2.33 bits per heavy atom. The molecule has 0 saturated heterocycles. The summed E-state index contributed by atoms with van der Waals surface area (Å²) in [7, 11) is 0. The van der Waals surface area contributed by atoms with Gasteiger partial charge in [0.25, 0.3) is 11.6 Å². The molecule has 2 rings (SSSR count). The van der Waals surface area contributed by atoms with Crippen LogP contribution in [0.3, 0.4) is 0 Å². The molecule has 0 aliphatic rings. The summed E-state index contributed by atoms with van der Waals surface area (Å²) in [5.74, 6) is -0.620. The Kier molecular flexibility index (Phi) is 5.08. The Hall–Kier alpha value is -3.02. The van der Waals surface area contributed by atoms with E-state index >= 15 is 0 Å². The lowest BCUT2D eigenvalue weighted by Crippen LogP contribution is -2.19. The van der Waals surface area contributed by atoms with Gasteiger partial charge in [0, 0.05) is 6.07 Å². The maximum absolute atomic E-state index is 12.0. The number of carbonyl (C=O) groups excluding carboxylic acids is 1. The molecular formula is C18H19N3O3. The van der Waals surface area contributed by atoms with Gasteiger partial charge in [0.2, 0.25) is 0 Å². The molecule has 0 aliphatic heterocycles. The minimum absolute atomic E-state index is 0.0252. The van der Waals surface area contributed by atoms with Crippen LogP contribution in [0.5, 0.6) is 0 Å². The summed E-state index contributed by atoms with van der Waals surface area (Å²) < 4.78 is 0. The zero-order valence-corrected chi connectivity index (χ0v) is 13.8. The Labute approximate surface area is 140 Å². The van der Waals surface area contributed by atoms with E-state index < -0.39 is 10.8 Å². The molecule has 0 spiro atoms. The standard InChI is InChI=1S/C18H19N3O3/c1-18(2,3)14-10-8-13(9-11-14)12-19-20-17(22)15-6-4-5-7-16(15)21(23)24/h4-12H,1-3H3,(H,20,22)/b19-12+. The van der Waals surface area contributed by atoms with Crippen LogP contribution in [-0.4, -0.2) is 17.0 Å². The van der Waals surface area contributed by atoms with E-state index in [1.54, 1.807) is 6.07 Å². The summed E-state index contributed by atoms with van der Waals surface area (Å²) in [6.07, 6.45) is 1.50. The van der Waals surface area contributed by atoms with E-state index in [0.717, 1.165) is 5.56 Å². The van der Waals surface area contributed by atoms with Gasteiger partial charge in [-0.25, -0.2) is 5.43 Å². The van der Waals surface area contributed by atoms with E-state index in [-0.39, 0.29) is 16.7 Å². The fraction of sp³-hybridized carbons (Fsp3) is 0.222. The van der Waals surface area contributed by atoms with E-state index in [2.05, 4.69) is 31.3 Å². The number of nitro groups is 1. The van der Waals surface area contributed by atoms with E-state index in [9.17, 15) is 14.9 Å². The van der Waals surface area contributed by atoms with Crippen molar-refractivity contribution < 1.29 is 9.72 Å². The Morgan fingerprint density at radius 2 is 1.75 bits per heavy atom. The van der Waals surface area contributed by atoms with Gasteiger partial charge in [-0.05, 0) is 22.6 Å². The van der Waals surface area contributed by atoms with Crippen molar-refractivity contribution in [3.8, 4) is 0 Å². The van der Waals surface area contributed by atoms with Crippen LogP contribution in [0.25, 0.3) is 0 Å². The summed E-state index contributed by atoms with van der Waals surface area (Å²) in [5.41, 5.74) is 4.13. The van der Waals surface area contributed by atoms with Crippen molar-refractivity contribution in [2.45, 2.75) is 26.2 Å². The maximum Gasteiger partial charge on any atom is 0.282 e. The molecule has 0 bridgehead atoms. The quantitative estimate of drug-likeness (QED) is 0.529. The summed E-state index contributed by atoms with van der Waals surface area (Å²) in [6, 6.07) is 13.6. The second-order valence-electron chi connectivity index (χ2n) is 6.35. The predicted molar refractivity (Wildman–Crippen MR) is 93.3 cm³/mol. The van der Waals surface area contributed by atoms with Crippen LogP contribution < -0.4 is 5.43 Å². The van der Waals surface area contributed by atoms with Gasteiger partial charge in [-0.2, -0.15) is 5.10 Å². The number of hydrogen-bond acceptors (Lipinski definition) is 4. The third kappa shape index (κ3) is 4.25. The molecule has 0 fully saturated rings. The fourth-order valence-corrected chi connectivity index (χ4v) is 2.12. The molecule has 2 aromatic carbocycles. The van der Waals surface area contributed by atoms with Crippen molar-refractivity contribution in [1.29, 1.82) is 0 Å². The van der Waals surface area contributed by atoms with Crippen molar-refractivity contribution >= 4 is 17.8 Å². The molecule has 0 saturated carbocycles. The number of hydrazone groups is 1. The topological polar surface area (TPSA) is 84.6 Å². The van der Waals surface area contributed by atoms with Gasteiger partial charge >= 0.3 is 0 Å². The lowest BCUT2D eigenvalue weighted by Gasteiger charge is -2.18. The van der Waals surface area contributed by atoms with Crippen molar-refractivity contribution in [2.75, 3.05) is 0 Å². The number of nitro benzene ring substituents is 1. The zero-order valence-electron chi connectivity index (χ0n) is 13.8. The normalized spacial score (nSPS) is 11.5. The average Bonchev–Trinajstić information content (AvgIpc) is 2.54. The lowest BCUT2D eigenvalue weighted by molar-refractivity contribution is -0.385. The van der Waals surface area contributed by atoms with Crippen molar-refractivity contribution in [2.24, 2.45) is 5.10 Å². The molecular weight excluding hydrogens is 306 g/mol. The highest BCUT2D eigenvalue weighted by molar-refractivity contribution is 5.98. The van der Waals surface area contributed by atoms with Gasteiger partial charge in [-0.15, -0.1) is 0 Å². The van der Waals surface area contributed by atoms with Crippen LogP contribution in [0.15, 0.2) is 53.6 Å². The van der Waals surface area contributed by atoms with Gasteiger partial charge in [-0.1, -0.05) is 57.2 Å². The van der Waals surface area contributed by atoms with Gasteiger partial charge in [0.05, 0.1) is 11.1 Å². The van der Waals surface area contributed by atoms with Crippen LogP contribution >= 0.6 is 0 Å². The summed E-state index contributed by atoms with van der Waals surface area (Å²) in [6.45, 7) is 6.38. The molecule has 0 unspecified atom stereocenters. The van der Waals surface area contributed by atoms with Gasteiger partial charge in [0.1, 0.15) is 5.56 Å². The highest BCUT2D eigenvalue weighted by atomic mass is 16.6. The molecule has 0 aliphatic carbocycles. The third-order valence-corrected chi connectivity index (χ3v) is 3.50. The Bertz CT molecular complexity index is 775. The molecule has 6 nitrogen and oxygen atoms in total. The van der Waals surface area contributed by atoms with Crippen LogP contribution in [0.4, 0.5) is 5.69 Å². The first-order valence-electron chi connectivity index (χ1n) is 7.46. The van der Waals surface area contributed by atoms with Gasteiger partial charge in [-0.3, -0.25) is 14.9 Å². The Balaban J connectivity index is 2.07. The minimum Gasteiger partial charge on any atom is -0.267 e. The molecule has 0 aromatic heterocycles. The van der Waals surface area contributed by atoms with Crippen molar-refractivity contribution in [3.05, 3.63) is 75.3 Å². The molecule has 24 heavy (non-hydrogen) atoms. The number of para-hydroxylation sites is 1. The number of nitrogens with zero attached hydrogens (tertiary/aromatic N) is 2. The molecule has 1 N–H and O–H groups in total. The second kappa shape index (κ2) is 7.04. The van der Waals surface area contributed by atoms with E-state index in [1.807, 2.05) is 24.3 Å². The SMILES string of the molecule is CC(C)(C)c1ccc(/C=N/NC(=O)c2ccccc2[N+](=O)[O-])cc1. The first-order chi connectivity index (χ1) is 11.3. The largest absolute Gasteiger partial charge is 0.282 e. The molecule has 1 amide bonds. The smallest absolute Gasteiger partial charge is 0.267 e. The summed E-state index contributed by atoms with van der Waals surface area (Å²) >= 11 is 0. The highest BCUT2D eigenvalue weighted by Crippen LogP contribution is 2.21. The number of hydrogen-bond donors (Lipinski definition) is 1. The molecule has 2 aromatic rings. The lowest BCUT2D eigenvalue weighted by atomic mass is 9.87. The van der Waals surface area contributed by atoms with Crippen LogP contribution in [0.2, 0.25) is 0 Å². The number of nitrogens with one attached hydrogen (secondary N) is 1. The average molecular weight is 325 g/mol. The minimum atomic E-state index is -0.620. The van der Waals surface area contributed by atoms with Crippen molar-refractivity contribution in [1.82, 2.24) is 5.43 Å². The molecule has 0 heterocycles. The second-order valence-corrected chi connectivity index (χ2v) is 6.35. The number of carbonyl (C=O) groups is 1. The maximum atomic E-state index is 12.0. The fourth-order valence-electron chi connectivity index (χ4n) is 2.12. The van der Waals surface area contributed by atoms with Gasteiger partial charge < -0.3 is 0 Å². The van der Waals surface area contributed by atoms with E-state index in [1.165, 1.54) is 30.0 Å². The highest BCUT2D eigenvalue weighted by Gasteiger charge is 2.18. The van der Waals surface area contributed by atoms with Gasteiger partial charge in [0.15, 0.2) is 0 Å². The van der Waals surface area contributed by atoms with Crippen molar-refractivity contribution in [3.63, 3.8) is 0 Å². The van der Waals surface area contributed by atoms with Crippen LogP contribution in [0, 0.1) is 10.1 Å². The molecule has 124 valence electrons. The van der Waals surface area contributed by atoms with E-state index in [4.69, 9.17) is 0 Å². The summed E-state index contributed by atoms with van der Waals surface area (Å²) in [4.78, 5) is 22.3. The number of benzene rings is 2. The molecule has 0 radical (unpaired) electrons. The molecule has 0 atom stereocenters. The zero-order chi connectivity index (χ0) is 17.7. The number of amides is 1. The third-order valence-electron chi connectivity index (χ3n) is 3.50. The molecule has 6 heteroatoms. The predicted octanol–water partition coefficient (Wildman–Crippen LogP) is 3.66. The first-order valence-corrected chi connectivity index (χ1v) is 7.46. The Morgan fingerprint density at radius 1 is 1.12 bits per heavy atom.